The zero-order chi connectivity index (χ0) is 13.8. The summed E-state index contributed by atoms with van der Waals surface area (Å²) in [6.07, 6.45) is 3.11. The van der Waals surface area contributed by atoms with Crippen LogP contribution in [0.5, 0.6) is 0 Å². The van der Waals surface area contributed by atoms with E-state index in [1.807, 2.05) is 6.07 Å². The SMILES string of the molecule is CCOC(=O)c1cnn(Cc2ccc(N)cc2Cl)c1. The Hall–Kier alpha value is -2.01. The molecule has 100 valence electrons. The summed E-state index contributed by atoms with van der Waals surface area (Å²) in [5, 5.41) is 4.68. The molecule has 0 radical (unpaired) electrons. The fourth-order valence-electron chi connectivity index (χ4n) is 1.64. The zero-order valence-corrected chi connectivity index (χ0v) is 11.2. The fourth-order valence-corrected chi connectivity index (χ4v) is 1.88. The Morgan fingerprint density at radius 3 is 3.00 bits per heavy atom. The van der Waals surface area contributed by atoms with E-state index in [0.29, 0.717) is 29.4 Å². The van der Waals surface area contributed by atoms with Crippen molar-refractivity contribution in [3.8, 4) is 0 Å². The van der Waals surface area contributed by atoms with Crippen molar-refractivity contribution in [1.29, 1.82) is 0 Å². The second kappa shape index (κ2) is 5.75. The van der Waals surface area contributed by atoms with Crippen molar-refractivity contribution in [2.45, 2.75) is 13.5 Å². The number of esters is 1. The number of carbonyl (C=O) groups is 1. The molecular weight excluding hydrogens is 266 g/mol. The van der Waals surface area contributed by atoms with Crippen LogP contribution in [0.15, 0.2) is 30.6 Å². The van der Waals surface area contributed by atoms with Gasteiger partial charge in [0.25, 0.3) is 0 Å². The van der Waals surface area contributed by atoms with Crippen LogP contribution in [0.1, 0.15) is 22.8 Å². The first kappa shape index (κ1) is 13.4. The van der Waals surface area contributed by atoms with E-state index < -0.39 is 0 Å². The van der Waals surface area contributed by atoms with Crippen molar-refractivity contribution in [3.63, 3.8) is 0 Å². The quantitative estimate of drug-likeness (QED) is 0.689. The maximum Gasteiger partial charge on any atom is 0.341 e. The number of hydrogen-bond acceptors (Lipinski definition) is 4. The number of aromatic nitrogens is 2. The highest BCUT2D eigenvalue weighted by molar-refractivity contribution is 6.31. The van der Waals surface area contributed by atoms with Gasteiger partial charge in [-0.05, 0) is 24.6 Å². The maximum atomic E-state index is 11.5. The number of carbonyl (C=O) groups excluding carboxylic acids is 1. The normalized spacial score (nSPS) is 10.4. The Labute approximate surface area is 115 Å². The molecule has 0 amide bonds. The second-order valence-corrected chi connectivity index (χ2v) is 4.41. The first-order valence-corrected chi connectivity index (χ1v) is 6.21. The van der Waals surface area contributed by atoms with Crippen molar-refractivity contribution in [2.75, 3.05) is 12.3 Å². The number of benzene rings is 1. The first-order chi connectivity index (χ1) is 9.10. The highest BCUT2D eigenvalue weighted by Crippen LogP contribution is 2.20. The summed E-state index contributed by atoms with van der Waals surface area (Å²) in [5.74, 6) is -0.378. The Morgan fingerprint density at radius 1 is 1.53 bits per heavy atom. The lowest BCUT2D eigenvalue weighted by Gasteiger charge is -2.05. The Kier molecular flexibility index (Phi) is 4.06. The van der Waals surface area contributed by atoms with E-state index in [4.69, 9.17) is 22.1 Å². The summed E-state index contributed by atoms with van der Waals surface area (Å²) in [7, 11) is 0. The molecule has 19 heavy (non-hydrogen) atoms. The average molecular weight is 280 g/mol. The zero-order valence-electron chi connectivity index (χ0n) is 10.5. The summed E-state index contributed by atoms with van der Waals surface area (Å²) in [4.78, 5) is 11.5. The van der Waals surface area contributed by atoms with Gasteiger partial charge in [-0.2, -0.15) is 5.10 Å². The minimum Gasteiger partial charge on any atom is -0.462 e. The Balaban J connectivity index is 2.13. The van der Waals surface area contributed by atoms with E-state index in [1.165, 1.54) is 6.20 Å². The number of nitrogens with zero attached hydrogens (tertiary/aromatic N) is 2. The number of nitrogen functional groups attached to an aromatic ring is 1. The topological polar surface area (TPSA) is 70.1 Å². The minimum atomic E-state index is -0.378. The molecule has 0 aliphatic heterocycles. The predicted octanol–water partition coefficient (Wildman–Crippen LogP) is 2.34. The molecule has 6 heteroatoms. The largest absolute Gasteiger partial charge is 0.462 e. The van der Waals surface area contributed by atoms with E-state index in [-0.39, 0.29) is 5.97 Å². The summed E-state index contributed by atoms with van der Waals surface area (Å²) in [6, 6.07) is 5.30. The minimum absolute atomic E-state index is 0.341. The van der Waals surface area contributed by atoms with E-state index in [9.17, 15) is 4.79 Å². The van der Waals surface area contributed by atoms with Gasteiger partial charge in [-0.3, -0.25) is 4.68 Å². The summed E-state index contributed by atoms with van der Waals surface area (Å²) in [5.41, 5.74) is 7.55. The van der Waals surface area contributed by atoms with E-state index >= 15 is 0 Å². The van der Waals surface area contributed by atoms with Gasteiger partial charge in [0.05, 0.1) is 24.9 Å². The van der Waals surface area contributed by atoms with Gasteiger partial charge >= 0.3 is 5.97 Å². The molecule has 2 N–H and O–H groups in total. The van der Waals surface area contributed by atoms with Crippen LogP contribution in [0.25, 0.3) is 0 Å². The van der Waals surface area contributed by atoms with Crippen LogP contribution in [0, 0.1) is 0 Å². The maximum absolute atomic E-state index is 11.5. The van der Waals surface area contributed by atoms with Crippen LogP contribution in [-0.2, 0) is 11.3 Å². The third-order valence-corrected chi connectivity index (χ3v) is 2.91. The Morgan fingerprint density at radius 2 is 2.32 bits per heavy atom. The van der Waals surface area contributed by atoms with E-state index in [2.05, 4.69) is 5.10 Å². The summed E-state index contributed by atoms with van der Waals surface area (Å²) < 4.78 is 6.52. The smallest absolute Gasteiger partial charge is 0.341 e. The van der Waals surface area contributed by atoms with Gasteiger partial charge in [0.1, 0.15) is 0 Å². The molecule has 0 unspecified atom stereocenters. The van der Waals surface area contributed by atoms with Crippen LogP contribution in [-0.4, -0.2) is 22.4 Å². The molecule has 5 nitrogen and oxygen atoms in total. The molecule has 1 aromatic carbocycles. The lowest BCUT2D eigenvalue weighted by Crippen LogP contribution is -2.04. The molecule has 1 heterocycles. The molecule has 2 aromatic rings. The molecule has 0 aliphatic carbocycles. The van der Waals surface area contributed by atoms with Crippen molar-refractivity contribution in [3.05, 3.63) is 46.7 Å². The third kappa shape index (κ3) is 3.26. The molecule has 0 spiro atoms. The molecule has 1 aromatic heterocycles. The van der Waals surface area contributed by atoms with Crippen LogP contribution in [0.2, 0.25) is 5.02 Å². The second-order valence-electron chi connectivity index (χ2n) is 4.00. The van der Waals surface area contributed by atoms with Crippen molar-refractivity contribution < 1.29 is 9.53 Å². The van der Waals surface area contributed by atoms with Gasteiger partial charge in [0, 0.05) is 16.9 Å². The summed E-state index contributed by atoms with van der Waals surface area (Å²) >= 11 is 6.09. The van der Waals surface area contributed by atoms with Crippen LogP contribution in [0.4, 0.5) is 5.69 Å². The average Bonchev–Trinajstić information content (AvgIpc) is 2.82. The molecule has 0 fully saturated rings. The van der Waals surface area contributed by atoms with Gasteiger partial charge in [-0.1, -0.05) is 17.7 Å². The lowest BCUT2D eigenvalue weighted by atomic mass is 10.2. The third-order valence-electron chi connectivity index (χ3n) is 2.55. The van der Waals surface area contributed by atoms with Crippen LogP contribution < -0.4 is 5.73 Å². The highest BCUT2D eigenvalue weighted by Gasteiger charge is 2.10. The monoisotopic (exact) mass is 279 g/mol. The van der Waals surface area contributed by atoms with E-state index in [1.54, 1.807) is 29.9 Å². The van der Waals surface area contributed by atoms with Gasteiger partial charge in [0.2, 0.25) is 0 Å². The van der Waals surface area contributed by atoms with Crippen molar-refractivity contribution >= 4 is 23.3 Å². The number of hydrogen-bond donors (Lipinski definition) is 1. The van der Waals surface area contributed by atoms with Crippen LogP contribution >= 0.6 is 11.6 Å². The van der Waals surface area contributed by atoms with Crippen molar-refractivity contribution in [1.82, 2.24) is 9.78 Å². The van der Waals surface area contributed by atoms with Crippen molar-refractivity contribution in [2.24, 2.45) is 0 Å². The molecule has 2 rings (SSSR count). The molecule has 0 bridgehead atoms. The number of halogens is 1. The van der Waals surface area contributed by atoms with Gasteiger partial charge in [0.15, 0.2) is 0 Å². The van der Waals surface area contributed by atoms with Gasteiger partial charge < -0.3 is 10.5 Å². The van der Waals surface area contributed by atoms with Gasteiger partial charge in [-0.15, -0.1) is 0 Å². The molecule has 0 saturated heterocycles. The molecule has 0 aliphatic rings. The summed E-state index contributed by atoms with van der Waals surface area (Å²) in [6.45, 7) is 2.57. The van der Waals surface area contributed by atoms with Crippen LogP contribution in [0.3, 0.4) is 0 Å². The predicted molar refractivity (Wildman–Crippen MR) is 73.1 cm³/mol. The number of rotatable bonds is 4. The Bertz CT molecular complexity index is 595. The molecule has 0 atom stereocenters. The standard InChI is InChI=1S/C13H14ClN3O2/c1-2-19-13(18)10-6-16-17(8-10)7-9-3-4-11(15)5-12(9)14/h3-6,8H,2,7,15H2,1H3. The number of ether oxygens (including phenoxy) is 1. The molecule has 0 saturated carbocycles. The highest BCUT2D eigenvalue weighted by atomic mass is 35.5. The number of anilines is 1. The fraction of sp³-hybridized carbons (Fsp3) is 0.231. The lowest BCUT2D eigenvalue weighted by molar-refractivity contribution is 0.0526. The first-order valence-electron chi connectivity index (χ1n) is 5.83. The molecular formula is C13H14ClN3O2. The van der Waals surface area contributed by atoms with Gasteiger partial charge in [-0.25, -0.2) is 4.79 Å². The number of nitrogens with two attached hydrogens (primary N) is 1. The van der Waals surface area contributed by atoms with E-state index in [0.717, 1.165) is 5.56 Å².